The van der Waals surface area contributed by atoms with E-state index in [4.69, 9.17) is 0 Å². The number of likely N-dealkylation sites (tertiary alicyclic amines) is 1. The van der Waals surface area contributed by atoms with E-state index in [0.717, 1.165) is 45.1 Å². The summed E-state index contributed by atoms with van der Waals surface area (Å²) in [6, 6.07) is 13.9. The van der Waals surface area contributed by atoms with Gasteiger partial charge in [0.25, 0.3) is 5.91 Å². The first kappa shape index (κ1) is 24.9. The van der Waals surface area contributed by atoms with Gasteiger partial charge in [0.05, 0.1) is 11.6 Å². The van der Waals surface area contributed by atoms with Crippen molar-refractivity contribution >= 4 is 11.8 Å². The molecule has 2 aromatic rings. The van der Waals surface area contributed by atoms with Gasteiger partial charge in [-0.05, 0) is 68.7 Å². The lowest BCUT2D eigenvalue weighted by molar-refractivity contribution is -0.125. The zero-order chi connectivity index (χ0) is 23.5. The maximum absolute atomic E-state index is 12.9. The number of benzene rings is 1. The second kappa shape index (κ2) is 13.1. The van der Waals surface area contributed by atoms with Crippen molar-refractivity contribution < 1.29 is 9.59 Å². The molecule has 6 heteroatoms. The van der Waals surface area contributed by atoms with E-state index >= 15 is 0 Å². The van der Waals surface area contributed by atoms with Crippen molar-refractivity contribution in [2.45, 2.75) is 64.5 Å². The van der Waals surface area contributed by atoms with Crippen molar-refractivity contribution in [3.63, 3.8) is 0 Å². The van der Waals surface area contributed by atoms with Gasteiger partial charge >= 0.3 is 0 Å². The maximum atomic E-state index is 12.9. The highest BCUT2D eigenvalue weighted by molar-refractivity contribution is 5.94. The summed E-state index contributed by atoms with van der Waals surface area (Å²) in [5, 5.41) is 6.32. The number of hydrogen-bond acceptors (Lipinski definition) is 4. The van der Waals surface area contributed by atoms with Crippen LogP contribution in [-0.2, 0) is 11.2 Å². The van der Waals surface area contributed by atoms with E-state index in [-0.39, 0.29) is 23.9 Å². The highest BCUT2D eigenvalue weighted by Crippen LogP contribution is 2.19. The minimum absolute atomic E-state index is 0.00280. The Bertz CT molecular complexity index is 857. The molecular weight excluding hydrogens is 412 g/mol. The number of pyridine rings is 1. The Morgan fingerprint density at radius 1 is 1.12 bits per heavy atom. The summed E-state index contributed by atoms with van der Waals surface area (Å²) in [6.45, 7) is 6.61. The number of carbonyl (C=O) groups is 2. The lowest BCUT2D eigenvalue weighted by Gasteiger charge is -2.29. The summed E-state index contributed by atoms with van der Waals surface area (Å²) in [5.74, 6) is 0.463. The van der Waals surface area contributed by atoms with Crippen LogP contribution in [0.3, 0.4) is 0 Å². The Kier molecular flexibility index (Phi) is 9.88. The molecule has 2 atom stereocenters. The number of aryl methyl sites for hydroxylation is 1. The third-order valence-corrected chi connectivity index (χ3v) is 6.17. The summed E-state index contributed by atoms with van der Waals surface area (Å²) in [5.41, 5.74) is 1.91. The van der Waals surface area contributed by atoms with Crippen LogP contribution in [0.2, 0.25) is 0 Å². The van der Waals surface area contributed by atoms with Crippen LogP contribution in [0, 0.1) is 5.92 Å². The van der Waals surface area contributed by atoms with Crippen molar-refractivity contribution in [3.8, 4) is 0 Å². The molecule has 6 nitrogen and oxygen atoms in total. The molecule has 1 aliphatic heterocycles. The van der Waals surface area contributed by atoms with Gasteiger partial charge in [0.1, 0.15) is 0 Å². The van der Waals surface area contributed by atoms with Gasteiger partial charge in [-0.1, -0.05) is 44.2 Å². The molecule has 2 N–H and O–H groups in total. The molecule has 3 rings (SSSR count). The second-order valence-electron chi connectivity index (χ2n) is 9.43. The van der Waals surface area contributed by atoms with E-state index in [1.165, 1.54) is 5.56 Å². The Labute approximate surface area is 198 Å². The minimum atomic E-state index is -0.107. The van der Waals surface area contributed by atoms with Gasteiger partial charge in [0.15, 0.2) is 0 Å². The van der Waals surface area contributed by atoms with Crippen LogP contribution < -0.4 is 10.6 Å². The molecule has 0 aliphatic carbocycles. The molecule has 178 valence electrons. The summed E-state index contributed by atoms with van der Waals surface area (Å²) < 4.78 is 0. The number of nitrogens with one attached hydrogen (secondary N) is 2. The van der Waals surface area contributed by atoms with Gasteiger partial charge < -0.3 is 10.6 Å². The number of rotatable bonds is 12. The van der Waals surface area contributed by atoms with Gasteiger partial charge in [-0.2, -0.15) is 0 Å². The Hall–Kier alpha value is -2.73. The lowest BCUT2D eigenvalue weighted by Crippen LogP contribution is -2.50. The molecule has 2 amide bonds. The van der Waals surface area contributed by atoms with Crippen LogP contribution >= 0.6 is 0 Å². The first-order valence-corrected chi connectivity index (χ1v) is 12.3. The molecule has 0 spiro atoms. The van der Waals surface area contributed by atoms with E-state index in [0.29, 0.717) is 24.6 Å². The van der Waals surface area contributed by atoms with Crippen LogP contribution in [0.4, 0.5) is 0 Å². The Morgan fingerprint density at radius 3 is 2.67 bits per heavy atom. The standard InChI is InChI=1S/C27H38N4O2/c1-21(2)18-24(30-26(32)23-13-8-15-28-19-23)20-31-17-9-14-25(31)27(33)29-16-7-6-12-22-10-4-3-5-11-22/h3-5,8,10-11,13,15,19,21,24-25H,6-7,9,12,14,16-18,20H2,1-2H3,(H,29,33)(H,30,32)/t24?,25-/m0/s1. The van der Waals surface area contributed by atoms with Gasteiger partial charge in [-0.25, -0.2) is 0 Å². The van der Waals surface area contributed by atoms with Crippen LogP contribution in [0.25, 0.3) is 0 Å². The van der Waals surface area contributed by atoms with Crippen LogP contribution in [0.5, 0.6) is 0 Å². The molecule has 1 unspecified atom stereocenters. The zero-order valence-electron chi connectivity index (χ0n) is 20.0. The molecule has 1 aliphatic rings. The molecule has 0 radical (unpaired) electrons. The van der Waals surface area contributed by atoms with E-state index in [9.17, 15) is 9.59 Å². The SMILES string of the molecule is CC(C)CC(CN1CCC[C@H]1C(=O)NCCCCc1ccccc1)NC(=O)c1cccnc1. The van der Waals surface area contributed by atoms with Crippen LogP contribution in [0.15, 0.2) is 54.9 Å². The topological polar surface area (TPSA) is 74.3 Å². The highest BCUT2D eigenvalue weighted by Gasteiger charge is 2.32. The van der Waals surface area contributed by atoms with E-state index in [2.05, 4.69) is 58.6 Å². The number of hydrogen-bond donors (Lipinski definition) is 2. The summed E-state index contributed by atoms with van der Waals surface area (Å²) >= 11 is 0. The molecule has 1 fully saturated rings. The highest BCUT2D eigenvalue weighted by atomic mass is 16.2. The van der Waals surface area contributed by atoms with Crippen molar-refractivity contribution in [2.75, 3.05) is 19.6 Å². The summed E-state index contributed by atoms with van der Waals surface area (Å²) in [6.07, 6.45) is 9.09. The number of aromatic nitrogens is 1. The number of carbonyl (C=O) groups excluding carboxylic acids is 2. The van der Waals surface area contributed by atoms with Crippen molar-refractivity contribution in [2.24, 2.45) is 5.92 Å². The normalized spacial score (nSPS) is 17.1. The molecule has 1 saturated heterocycles. The molecule has 0 saturated carbocycles. The molecule has 1 aromatic carbocycles. The zero-order valence-corrected chi connectivity index (χ0v) is 20.0. The Morgan fingerprint density at radius 2 is 1.94 bits per heavy atom. The summed E-state index contributed by atoms with van der Waals surface area (Å²) in [4.78, 5) is 31.9. The molecule has 0 bridgehead atoms. The van der Waals surface area contributed by atoms with Gasteiger partial charge in [-0.15, -0.1) is 0 Å². The third-order valence-electron chi connectivity index (χ3n) is 6.17. The van der Waals surface area contributed by atoms with Gasteiger partial charge in [-0.3, -0.25) is 19.5 Å². The first-order chi connectivity index (χ1) is 16.0. The van der Waals surface area contributed by atoms with E-state index in [1.54, 1.807) is 24.5 Å². The van der Waals surface area contributed by atoms with Crippen LogP contribution in [0.1, 0.15) is 61.9 Å². The molecule has 1 aromatic heterocycles. The average Bonchev–Trinajstić information content (AvgIpc) is 3.27. The average molecular weight is 451 g/mol. The minimum Gasteiger partial charge on any atom is -0.355 e. The van der Waals surface area contributed by atoms with E-state index in [1.807, 2.05) is 6.07 Å². The fourth-order valence-corrected chi connectivity index (χ4v) is 4.57. The van der Waals surface area contributed by atoms with Crippen molar-refractivity contribution in [3.05, 3.63) is 66.0 Å². The fourth-order valence-electron chi connectivity index (χ4n) is 4.57. The maximum Gasteiger partial charge on any atom is 0.253 e. The number of amides is 2. The smallest absolute Gasteiger partial charge is 0.253 e. The van der Waals surface area contributed by atoms with Crippen molar-refractivity contribution in [1.82, 2.24) is 20.5 Å². The van der Waals surface area contributed by atoms with Crippen molar-refractivity contribution in [1.29, 1.82) is 0 Å². The molecule has 2 heterocycles. The predicted octanol–water partition coefficient (Wildman–Crippen LogP) is 3.83. The van der Waals surface area contributed by atoms with Gasteiger partial charge in [0.2, 0.25) is 5.91 Å². The molecular formula is C27H38N4O2. The lowest BCUT2D eigenvalue weighted by atomic mass is 10.0. The third kappa shape index (κ3) is 8.28. The van der Waals surface area contributed by atoms with Gasteiger partial charge in [0, 0.05) is 31.5 Å². The van der Waals surface area contributed by atoms with Crippen LogP contribution in [-0.4, -0.2) is 53.4 Å². The largest absolute Gasteiger partial charge is 0.355 e. The number of nitrogens with zero attached hydrogens (tertiary/aromatic N) is 2. The predicted molar refractivity (Wildman–Crippen MR) is 132 cm³/mol. The first-order valence-electron chi connectivity index (χ1n) is 12.3. The second-order valence-corrected chi connectivity index (χ2v) is 9.43. The fraction of sp³-hybridized carbons (Fsp3) is 0.519. The monoisotopic (exact) mass is 450 g/mol. The van der Waals surface area contributed by atoms with E-state index < -0.39 is 0 Å². The summed E-state index contributed by atoms with van der Waals surface area (Å²) in [7, 11) is 0. The molecule has 33 heavy (non-hydrogen) atoms. The number of unbranched alkanes of at least 4 members (excludes halogenated alkanes) is 1. The quantitative estimate of drug-likeness (QED) is 0.482. The Balaban J connectivity index is 1.47.